The molecule has 0 bridgehead atoms. The fourth-order valence-corrected chi connectivity index (χ4v) is 7.42. The van der Waals surface area contributed by atoms with Crippen molar-refractivity contribution in [2.45, 2.75) is 30.8 Å². The molecule has 2 fully saturated rings. The van der Waals surface area contributed by atoms with Crippen molar-refractivity contribution in [3.05, 3.63) is 106 Å². The Labute approximate surface area is 290 Å². The number of piperazine rings is 1. The summed E-state index contributed by atoms with van der Waals surface area (Å²) >= 11 is 0. The van der Waals surface area contributed by atoms with Crippen molar-refractivity contribution in [1.82, 2.24) is 24.5 Å². The Morgan fingerprint density at radius 3 is 2.46 bits per heavy atom. The summed E-state index contributed by atoms with van der Waals surface area (Å²) in [7, 11) is 6.91. The van der Waals surface area contributed by atoms with E-state index in [1.54, 1.807) is 13.1 Å². The molecule has 6 rings (SSSR count). The maximum atomic E-state index is 15.3. The Hall–Kier alpha value is -4.68. The molecule has 12 heteroatoms. The molecule has 0 aliphatic carbocycles. The predicted octanol–water partition coefficient (Wildman–Crippen LogP) is 3.68. The number of aryl methyl sites for hydroxylation is 1. The van der Waals surface area contributed by atoms with E-state index in [9.17, 15) is 18.8 Å². The quantitative estimate of drug-likeness (QED) is 0.234. The molecule has 1 amide bonds. The average Bonchev–Trinajstić information content (AvgIpc) is 3.55. The van der Waals surface area contributed by atoms with E-state index >= 15 is 4.39 Å². The SMILES string of the molecule is COC(=O)[C@H](Cc1ccc2ccccc2c1)N1CCN(C(=O)[C@@H]2CN(c3ccc(=O)n(C)n3)C[C@H]2c2ccc(F)cc2F)[C@@H](CCN(C)C)C1. The Morgan fingerprint density at radius 2 is 1.74 bits per heavy atom. The van der Waals surface area contributed by atoms with E-state index in [1.807, 2.05) is 42.1 Å². The summed E-state index contributed by atoms with van der Waals surface area (Å²) in [5.41, 5.74) is 1.01. The van der Waals surface area contributed by atoms with E-state index < -0.39 is 29.5 Å². The van der Waals surface area contributed by atoms with E-state index in [2.05, 4.69) is 39.2 Å². The first-order chi connectivity index (χ1) is 24.0. The number of amides is 1. The molecule has 1 aromatic heterocycles. The minimum absolute atomic E-state index is 0.126. The number of esters is 1. The number of rotatable bonds is 10. The van der Waals surface area contributed by atoms with E-state index in [1.165, 1.54) is 30.0 Å². The van der Waals surface area contributed by atoms with Crippen LogP contribution in [0.2, 0.25) is 0 Å². The first-order valence-corrected chi connectivity index (χ1v) is 17.0. The fourth-order valence-electron chi connectivity index (χ4n) is 7.42. The number of nitrogens with zero attached hydrogens (tertiary/aromatic N) is 6. The van der Waals surface area contributed by atoms with Crippen LogP contribution in [0.1, 0.15) is 23.5 Å². The van der Waals surface area contributed by atoms with Gasteiger partial charge in [-0.05, 0) is 67.5 Å². The number of benzene rings is 3. The molecule has 0 radical (unpaired) electrons. The van der Waals surface area contributed by atoms with Gasteiger partial charge in [0.25, 0.3) is 5.56 Å². The molecule has 2 aliphatic heterocycles. The Morgan fingerprint density at radius 1 is 0.960 bits per heavy atom. The largest absolute Gasteiger partial charge is 0.468 e. The van der Waals surface area contributed by atoms with Crippen LogP contribution in [0.25, 0.3) is 10.8 Å². The molecule has 50 heavy (non-hydrogen) atoms. The molecule has 2 aliphatic rings. The molecule has 0 N–H and O–H groups in total. The van der Waals surface area contributed by atoms with Crippen molar-refractivity contribution in [2.24, 2.45) is 13.0 Å². The summed E-state index contributed by atoms with van der Waals surface area (Å²) in [6.45, 7) is 2.51. The third-order valence-electron chi connectivity index (χ3n) is 10.1. The van der Waals surface area contributed by atoms with Crippen LogP contribution in [-0.4, -0.2) is 109 Å². The monoisotopic (exact) mass is 686 g/mol. The number of halogens is 2. The number of hydrogen-bond donors (Lipinski definition) is 0. The molecule has 10 nitrogen and oxygen atoms in total. The molecule has 3 heterocycles. The normalized spacial score (nSPS) is 20.4. The lowest BCUT2D eigenvalue weighted by Crippen LogP contribution is -2.61. The standard InChI is InChI=1S/C38H44F2N6O4/c1-42(2)16-15-29-22-44(34(38(49)50-4)20-25-9-10-26-7-5-6-8-27(26)19-25)17-18-46(29)37(48)32-24-45(35-13-14-36(47)43(3)41-35)23-31(32)30-12-11-28(39)21-33(30)40/h5-14,19,21,29,31-32,34H,15-18,20,22-24H2,1-4H3/t29-,31-,32+,34-/m0/s1. The Bertz CT molecular complexity index is 1920. The summed E-state index contributed by atoms with van der Waals surface area (Å²) in [4.78, 5) is 48.0. The number of hydrogen-bond acceptors (Lipinski definition) is 8. The average molecular weight is 687 g/mol. The van der Waals surface area contributed by atoms with Crippen LogP contribution in [-0.2, 0) is 27.8 Å². The van der Waals surface area contributed by atoms with Gasteiger partial charge in [-0.1, -0.05) is 48.5 Å². The number of ether oxygens (including phenoxy) is 1. The van der Waals surface area contributed by atoms with Gasteiger partial charge in [-0.25, -0.2) is 13.5 Å². The zero-order chi connectivity index (χ0) is 35.5. The number of fused-ring (bicyclic) bond motifs is 1. The van der Waals surface area contributed by atoms with Crippen LogP contribution in [0.15, 0.2) is 77.6 Å². The third kappa shape index (κ3) is 7.56. The van der Waals surface area contributed by atoms with Crippen molar-refractivity contribution in [1.29, 1.82) is 0 Å². The van der Waals surface area contributed by atoms with Crippen molar-refractivity contribution in [3.8, 4) is 0 Å². The van der Waals surface area contributed by atoms with Crippen molar-refractivity contribution < 1.29 is 23.1 Å². The van der Waals surface area contributed by atoms with E-state index in [0.29, 0.717) is 44.8 Å². The highest BCUT2D eigenvalue weighted by Gasteiger charge is 2.45. The lowest BCUT2D eigenvalue weighted by atomic mass is 9.86. The van der Waals surface area contributed by atoms with Crippen LogP contribution in [0.4, 0.5) is 14.6 Å². The highest BCUT2D eigenvalue weighted by Crippen LogP contribution is 2.38. The van der Waals surface area contributed by atoms with Gasteiger partial charge in [-0.3, -0.25) is 19.3 Å². The van der Waals surface area contributed by atoms with Crippen LogP contribution in [0, 0.1) is 17.6 Å². The minimum atomic E-state index is -0.702. The molecule has 4 aromatic rings. The molecule has 2 saturated heterocycles. The lowest BCUT2D eigenvalue weighted by Gasteiger charge is -2.45. The van der Waals surface area contributed by atoms with Crippen LogP contribution in [0.5, 0.6) is 0 Å². The molecule has 4 atom stereocenters. The molecule has 0 spiro atoms. The number of aromatic nitrogens is 2. The van der Waals surface area contributed by atoms with E-state index in [0.717, 1.165) is 22.4 Å². The van der Waals surface area contributed by atoms with Gasteiger partial charge in [0.05, 0.1) is 13.0 Å². The van der Waals surface area contributed by atoms with E-state index in [-0.39, 0.29) is 42.1 Å². The van der Waals surface area contributed by atoms with Gasteiger partial charge >= 0.3 is 5.97 Å². The topological polar surface area (TPSA) is 91.2 Å². The fraction of sp³-hybridized carbons (Fsp3) is 0.421. The third-order valence-corrected chi connectivity index (χ3v) is 10.1. The predicted molar refractivity (Wildman–Crippen MR) is 188 cm³/mol. The first kappa shape index (κ1) is 35.2. The number of carbonyl (C=O) groups excluding carboxylic acids is 2. The van der Waals surface area contributed by atoms with Gasteiger partial charge in [-0.2, -0.15) is 5.10 Å². The molecular formula is C38H44F2N6O4. The number of carbonyl (C=O) groups is 2. The van der Waals surface area contributed by atoms with Gasteiger partial charge < -0.3 is 19.4 Å². The second-order valence-electron chi connectivity index (χ2n) is 13.6. The molecule has 3 aromatic carbocycles. The maximum Gasteiger partial charge on any atom is 0.323 e. The van der Waals surface area contributed by atoms with Gasteiger partial charge in [-0.15, -0.1) is 0 Å². The molecule has 0 saturated carbocycles. The Balaban J connectivity index is 1.28. The zero-order valence-electron chi connectivity index (χ0n) is 29.0. The summed E-state index contributed by atoms with van der Waals surface area (Å²) in [6, 6.07) is 20.0. The van der Waals surface area contributed by atoms with Crippen molar-refractivity contribution in [3.63, 3.8) is 0 Å². The van der Waals surface area contributed by atoms with Gasteiger partial charge in [0.1, 0.15) is 23.5 Å². The Kier molecular flexibility index (Phi) is 10.6. The lowest BCUT2D eigenvalue weighted by molar-refractivity contribution is -0.150. The molecular weight excluding hydrogens is 642 g/mol. The summed E-state index contributed by atoms with van der Waals surface area (Å²) < 4.78 is 35.8. The molecule has 0 unspecified atom stereocenters. The van der Waals surface area contributed by atoms with Crippen LogP contribution in [0.3, 0.4) is 0 Å². The highest BCUT2D eigenvalue weighted by molar-refractivity contribution is 5.84. The van der Waals surface area contributed by atoms with Gasteiger partial charge in [0, 0.05) is 63.9 Å². The number of anilines is 1. The van der Waals surface area contributed by atoms with Crippen LogP contribution >= 0.6 is 0 Å². The van der Waals surface area contributed by atoms with Crippen LogP contribution < -0.4 is 10.5 Å². The second kappa shape index (κ2) is 15.1. The number of methoxy groups -OCH3 is 1. The minimum Gasteiger partial charge on any atom is -0.468 e. The van der Waals surface area contributed by atoms with Gasteiger partial charge in [0.2, 0.25) is 5.91 Å². The maximum absolute atomic E-state index is 15.3. The van der Waals surface area contributed by atoms with E-state index in [4.69, 9.17) is 4.74 Å². The smallest absolute Gasteiger partial charge is 0.323 e. The summed E-state index contributed by atoms with van der Waals surface area (Å²) in [5.74, 6) is -2.58. The summed E-state index contributed by atoms with van der Waals surface area (Å²) in [5, 5.41) is 6.61. The van der Waals surface area contributed by atoms with Crippen molar-refractivity contribution >= 4 is 28.5 Å². The highest BCUT2D eigenvalue weighted by atomic mass is 19.1. The summed E-state index contributed by atoms with van der Waals surface area (Å²) in [6.07, 6.45) is 1.12. The second-order valence-corrected chi connectivity index (χ2v) is 13.6. The first-order valence-electron chi connectivity index (χ1n) is 17.0. The van der Waals surface area contributed by atoms with Crippen molar-refractivity contribution in [2.75, 3.05) is 65.4 Å². The zero-order valence-corrected chi connectivity index (χ0v) is 29.0. The molecule has 264 valence electrons. The van der Waals surface area contributed by atoms with Gasteiger partial charge in [0.15, 0.2) is 0 Å².